The van der Waals surface area contributed by atoms with Crippen LogP contribution in [0.3, 0.4) is 0 Å². The number of carbonyl (C=O) groups excluding carboxylic acids is 2. The summed E-state index contributed by atoms with van der Waals surface area (Å²) in [6.45, 7) is 0. The molecule has 0 saturated heterocycles. The van der Waals surface area contributed by atoms with Crippen molar-refractivity contribution in [2.75, 3.05) is 12.4 Å². The number of ketones is 1. The van der Waals surface area contributed by atoms with Crippen molar-refractivity contribution in [2.24, 2.45) is 0 Å². The molecule has 1 N–H and O–H groups in total. The first kappa shape index (κ1) is 20.7. The van der Waals surface area contributed by atoms with Crippen LogP contribution in [-0.4, -0.2) is 23.8 Å². The van der Waals surface area contributed by atoms with E-state index in [-0.39, 0.29) is 18.1 Å². The molecular weight excluding hydrogens is 447 g/mol. The van der Waals surface area contributed by atoms with Gasteiger partial charge in [0.05, 0.1) is 7.11 Å². The molecule has 1 aromatic heterocycles. The molecule has 32 heavy (non-hydrogen) atoms. The number of amides is 1. The van der Waals surface area contributed by atoms with Gasteiger partial charge < -0.3 is 10.1 Å². The Bertz CT molecular complexity index is 1300. The maximum atomic E-state index is 13.9. The molecule has 2 atom stereocenters. The minimum atomic E-state index is -1.19. The molecule has 0 saturated carbocycles. The van der Waals surface area contributed by atoms with Crippen molar-refractivity contribution < 1.29 is 14.3 Å². The average molecular weight is 465 g/mol. The Morgan fingerprint density at radius 2 is 1.88 bits per heavy atom. The van der Waals surface area contributed by atoms with E-state index < -0.39 is 11.3 Å². The number of methoxy groups -OCH3 is 1. The average Bonchev–Trinajstić information content (AvgIpc) is 3.06. The quantitative estimate of drug-likeness (QED) is 0.561. The maximum Gasteiger partial charge on any atom is 0.240 e. The highest BCUT2D eigenvalue weighted by atomic mass is 35.5. The molecule has 5 rings (SSSR count). The van der Waals surface area contributed by atoms with E-state index in [1.807, 2.05) is 30.3 Å². The third-order valence-corrected chi connectivity index (χ3v) is 6.65. The normalized spacial score (nSPS) is 21.8. The second kappa shape index (κ2) is 7.76. The lowest BCUT2D eigenvalue weighted by Crippen LogP contribution is -2.45. The van der Waals surface area contributed by atoms with Crippen molar-refractivity contribution in [1.82, 2.24) is 4.98 Å². The molecule has 160 valence electrons. The van der Waals surface area contributed by atoms with E-state index in [0.717, 1.165) is 11.1 Å². The van der Waals surface area contributed by atoms with Gasteiger partial charge >= 0.3 is 0 Å². The summed E-state index contributed by atoms with van der Waals surface area (Å²) in [4.78, 5) is 31.2. The topological polar surface area (TPSA) is 68.3 Å². The van der Waals surface area contributed by atoms with Crippen LogP contribution in [0, 0.1) is 0 Å². The van der Waals surface area contributed by atoms with E-state index in [0.29, 0.717) is 32.7 Å². The molecule has 0 radical (unpaired) electrons. The molecule has 7 heteroatoms. The van der Waals surface area contributed by atoms with Gasteiger partial charge in [0, 0.05) is 39.8 Å². The van der Waals surface area contributed by atoms with Gasteiger partial charge in [-0.15, -0.1) is 0 Å². The van der Waals surface area contributed by atoms with Crippen LogP contribution in [-0.2, 0) is 15.0 Å². The number of carbonyl (C=O) groups is 2. The molecule has 5 nitrogen and oxygen atoms in total. The number of rotatable bonds is 3. The van der Waals surface area contributed by atoms with E-state index in [1.54, 1.807) is 36.5 Å². The molecule has 0 unspecified atom stereocenters. The highest BCUT2D eigenvalue weighted by Crippen LogP contribution is 2.58. The zero-order valence-electron chi connectivity index (χ0n) is 17.1. The summed E-state index contributed by atoms with van der Waals surface area (Å²) >= 11 is 12.5. The number of halogens is 2. The standard InChI is InChI=1S/C25H18Cl2N2O3/c1-32-23-18(6-3-9-28-23)21-13-17(30)12-20(14-4-2-5-15(26)10-14)25(21)19-8-7-16(27)11-22(19)29-24(25)31/h2-11,13,20H,12H2,1H3,(H,29,31)/t20-,25+/m0/s1. The monoisotopic (exact) mass is 464 g/mol. The molecular formula is C25H18Cl2N2O3. The van der Waals surface area contributed by atoms with Gasteiger partial charge in [-0.25, -0.2) is 4.98 Å². The Morgan fingerprint density at radius 1 is 1.06 bits per heavy atom. The Kier molecular flexibility index (Phi) is 5.03. The fraction of sp³-hybridized carbons (Fsp3) is 0.160. The number of ether oxygens (including phenoxy) is 1. The lowest BCUT2D eigenvalue weighted by Gasteiger charge is -2.41. The number of aromatic nitrogens is 1. The van der Waals surface area contributed by atoms with Gasteiger partial charge in [0.15, 0.2) is 5.78 Å². The SMILES string of the molecule is COc1ncccc1C1=CC(=O)C[C@@H](c2cccc(Cl)c2)[C@@]12C(=O)Nc1cc(Cl)ccc12. The van der Waals surface area contributed by atoms with Crippen LogP contribution in [0.2, 0.25) is 10.0 Å². The molecule has 2 aliphatic rings. The van der Waals surface area contributed by atoms with Gasteiger partial charge in [-0.3, -0.25) is 9.59 Å². The number of pyridine rings is 1. The van der Waals surface area contributed by atoms with Gasteiger partial charge in [-0.1, -0.05) is 41.4 Å². The summed E-state index contributed by atoms with van der Waals surface area (Å²) in [5.41, 5.74) is 2.13. The van der Waals surface area contributed by atoms with Crippen LogP contribution in [0.5, 0.6) is 5.88 Å². The van der Waals surface area contributed by atoms with Crippen molar-refractivity contribution in [1.29, 1.82) is 0 Å². The third kappa shape index (κ3) is 3.04. The number of fused-ring (bicyclic) bond motifs is 2. The number of nitrogens with zero attached hydrogens (tertiary/aromatic N) is 1. The van der Waals surface area contributed by atoms with E-state index in [9.17, 15) is 9.59 Å². The van der Waals surface area contributed by atoms with Crippen molar-refractivity contribution in [2.45, 2.75) is 17.8 Å². The van der Waals surface area contributed by atoms with Crippen LogP contribution in [0.1, 0.15) is 29.0 Å². The summed E-state index contributed by atoms with van der Waals surface area (Å²) in [6.07, 6.45) is 3.31. The van der Waals surface area contributed by atoms with E-state index >= 15 is 0 Å². The Hall–Kier alpha value is -3.15. The number of benzene rings is 2. The van der Waals surface area contributed by atoms with Gasteiger partial charge in [0.1, 0.15) is 5.41 Å². The lowest BCUT2D eigenvalue weighted by atomic mass is 9.58. The Labute approximate surface area is 195 Å². The molecule has 1 spiro atoms. The van der Waals surface area contributed by atoms with E-state index in [4.69, 9.17) is 27.9 Å². The minimum absolute atomic E-state index is 0.0864. The second-order valence-corrected chi connectivity index (χ2v) is 8.72. The molecule has 1 aliphatic heterocycles. The van der Waals surface area contributed by atoms with Crippen LogP contribution in [0.15, 0.2) is 66.9 Å². The van der Waals surface area contributed by atoms with Crippen molar-refractivity contribution in [3.63, 3.8) is 0 Å². The molecule has 1 amide bonds. The van der Waals surface area contributed by atoms with Crippen molar-refractivity contribution >= 4 is 46.2 Å². The zero-order chi connectivity index (χ0) is 22.5. The smallest absolute Gasteiger partial charge is 0.240 e. The van der Waals surface area contributed by atoms with E-state index in [2.05, 4.69) is 10.3 Å². The fourth-order valence-corrected chi connectivity index (χ4v) is 5.31. The van der Waals surface area contributed by atoms with Crippen LogP contribution < -0.4 is 10.1 Å². The fourth-order valence-electron chi connectivity index (χ4n) is 4.94. The third-order valence-electron chi connectivity index (χ3n) is 6.18. The molecule has 2 aromatic carbocycles. The first-order valence-corrected chi connectivity index (χ1v) is 10.8. The molecule has 0 fully saturated rings. The highest BCUT2D eigenvalue weighted by molar-refractivity contribution is 6.31. The molecule has 0 bridgehead atoms. The number of anilines is 1. The van der Waals surface area contributed by atoms with Crippen LogP contribution in [0.4, 0.5) is 5.69 Å². The van der Waals surface area contributed by atoms with Crippen LogP contribution in [0.25, 0.3) is 5.57 Å². The lowest BCUT2D eigenvalue weighted by molar-refractivity contribution is -0.121. The summed E-state index contributed by atoms with van der Waals surface area (Å²) in [5, 5.41) is 4.04. The van der Waals surface area contributed by atoms with Crippen LogP contribution >= 0.6 is 23.2 Å². The largest absolute Gasteiger partial charge is 0.481 e. The molecule has 3 aromatic rings. The Balaban J connectivity index is 1.86. The van der Waals surface area contributed by atoms with Gasteiger partial charge in [-0.05, 0) is 59.2 Å². The first-order chi connectivity index (χ1) is 15.4. The molecule has 1 aliphatic carbocycles. The van der Waals surface area contributed by atoms with Gasteiger partial charge in [0.25, 0.3) is 0 Å². The van der Waals surface area contributed by atoms with Gasteiger partial charge in [0.2, 0.25) is 11.8 Å². The molecule has 2 heterocycles. The second-order valence-electron chi connectivity index (χ2n) is 7.85. The number of hydrogen-bond acceptors (Lipinski definition) is 4. The van der Waals surface area contributed by atoms with E-state index in [1.165, 1.54) is 7.11 Å². The highest BCUT2D eigenvalue weighted by Gasteiger charge is 2.58. The summed E-state index contributed by atoms with van der Waals surface area (Å²) < 4.78 is 5.50. The van der Waals surface area contributed by atoms with Gasteiger partial charge in [-0.2, -0.15) is 0 Å². The maximum absolute atomic E-state index is 13.9. The zero-order valence-corrected chi connectivity index (χ0v) is 18.6. The number of hydrogen-bond donors (Lipinski definition) is 1. The Morgan fingerprint density at radius 3 is 2.66 bits per heavy atom. The number of nitrogens with one attached hydrogen (secondary N) is 1. The predicted octanol–water partition coefficient (Wildman–Crippen LogP) is 5.43. The summed E-state index contributed by atoms with van der Waals surface area (Å²) in [6, 6.07) is 16.2. The summed E-state index contributed by atoms with van der Waals surface area (Å²) in [7, 11) is 1.51. The number of allylic oxidation sites excluding steroid dienone is 1. The van der Waals surface area contributed by atoms with Crippen molar-refractivity contribution in [3.8, 4) is 5.88 Å². The minimum Gasteiger partial charge on any atom is -0.481 e. The first-order valence-electron chi connectivity index (χ1n) is 10.1. The predicted molar refractivity (Wildman–Crippen MR) is 124 cm³/mol. The summed E-state index contributed by atoms with van der Waals surface area (Å²) in [5.74, 6) is -0.463. The van der Waals surface area contributed by atoms with Crippen molar-refractivity contribution in [3.05, 3.63) is 93.6 Å².